The van der Waals surface area contributed by atoms with Crippen LogP contribution in [0.2, 0.25) is 0 Å². The first kappa shape index (κ1) is 30.1. The molecule has 2 aromatic heterocycles. The van der Waals surface area contributed by atoms with Crippen LogP contribution < -0.4 is 5.32 Å². The molecule has 1 aliphatic rings. The highest BCUT2D eigenvalue weighted by Crippen LogP contribution is 2.30. The molecule has 1 fully saturated rings. The van der Waals surface area contributed by atoms with Crippen LogP contribution in [0.1, 0.15) is 50.3 Å². The Bertz CT molecular complexity index is 1320. The SMILES string of the molecule is COCC[C@H](c1nc(C)ncc1F)N1C[C@@H](C)N(C(=O)C(C)C)[C@@H](C(=O)NCc2ccc(-c3ncccn3)cc2)C1. The van der Waals surface area contributed by atoms with Crippen LogP contribution in [-0.4, -0.2) is 80.4 Å². The van der Waals surface area contributed by atoms with Crippen LogP contribution in [0.15, 0.2) is 48.9 Å². The number of carbonyl (C=O) groups is 2. The van der Waals surface area contributed by atoms with Gasteiger partial charge in [0.15, 0.2) is 11.6 Å². The van der Waals surface area contributed by atoms with Gasteiger partial charge in [-0.25, -0.2) is 24.3 Å². The quantitative estimate of drug-likeness (QED) is 0.400. The monoisotopic (exact) mass is 563 g/mol. The van der Waals surface area contributed by atoms with E-state index in [1.807, 2.05) is 49.9 Å². The first-order valence-electron chi connectivity index (χ1n) is 13.9. The van der Waals surface area contributed by atoms with Crippen molar-refractivity contribution in [3.05, 3.63) is 71.8 Å². The molecule has 3 heterocycles. The lowest BCUT2D eigenvalue weighted by molar-refractivity contribution is -0.151. The number of carbonyl (C=O) groups excluding carboxylic acids is 2. The highest BCUT2D eigenvalue weighted by Gasteiger charge is 2.42. The number of amides is 2. The summed E-state index contributed by atoms with van der Waals surface area (Å²) >= 11 is 0. The Morgan fingerprint density at radius 3 is 2.49 bits per heavy atom. The van der Waals surface area contributed by atoms with Crippen molar-refractivity contribution in [3.63, 3.8) is 0 Å². The second-order valence-corrected chi connectivity index (χ2v) is 10.7. The van der Waals surface area contributed by atoms with Gasteiger partial charge in [-0.15, -0.1) is 0 Å². The summed E-state index contributed by atoms with van der Waals surface area (Å²) in [4.78, 5) is 47.7. The van der Waals surface area contributed by atoms with E-state index in [9.17, 15) is 14.0 Å². The predicted octanol–water partition coefficient (Wildman–Crippen LogP) is 3.33. The molecule has 1 aromatic carbocycles. The van der Waals surface area contributed by atoms with Crippen molar-refractivity contribution in [2.75, 3.05) is 26.8 Å². The van der Waals surface area contributed by atoms with E-state index >= 15 is 0 Å². The van der Waals surface area contributed by atoms with Crippen molar-refractivity contribution in [1.29, 1.82) is 0 Å². The Morgan fingerprint density at radius 2 is 1.83 bits per heavy atom. The Labute approximate surface area is 240 Å². The second-order valence-electron chi connectivity index (χ2n) is 10.7. The van der Waals surface area contributed by atoms with E-state index in [0.29, 0.717) is 31.2 Å². The third-order valence-electron chi connectivity index (χ3n) is 7.26. The number of nitrogens with zero attached hydrogens (tertiary/aromatic N) is 6. The molecule has 0 spiro atoms. The zero-order valence-corrected chi connectivity index (χ0v) is 24.2. The van der Waals surface area contributed by atoms with Crippen LogP contribution in [0.25, 0.3) is 11.4 Å². The maximum absolute atomic E-state index is 15.0. The average molecular weight is 564 g/mol. The number of nitrogens with one attached hydrogen (secondary N) is 1. The molecule has 1 N–H and O–H groups in total. The van der Waals surface area contributed by atoms with Crippen molar-refractivity contribution in [3.8, 4) is 11.4 Å². The molecule has 1 saturated heterocycles. The highest BCUT2D eigenvalue weighted by molar-refractivity contribution is 5.89. The Morgan fingerprint density at radius 1 is 1.12 bits per heavy atom. The minimum Gasteiger partial charge on any atom is -0.385 e. The molecule has 3 atom stereocenters. The average Bonchev–Trinajstić information content (AvgIpc) is 2.97. The van der Waals surface area contributed by atoms with Gasteiger partial charge in [-0.1, -0.05) is 38.1 Å². The van der Waals surface area contributed by atoms with Gasteiger partial charge in [-0.05, 0) is 31.9 Å². The zero-order valence-electron chi connectivity index (χ0n) is 24.2. The third-order valence-corrected chi connectivity index (χ3v) is 7.26. The molecule has 2 amide bonds. The first-order valence-corrected chi connectivity index (χ1v) is 13.9. The number of rotatable bonds is 10. The number of ether oxygens (including phenoxy) is 1. The molecule has 1 aliphatic heterocycles. The molecule has 0 radical (unpaired) electrons. The standard InChI is InChI=1S/C30H38FN7O3/c1-19(2)30(40)38-20(3)17-37(25(11-14-41-5)27-24(31)16-34-21(4)36-27)18-26(38)29(39)35-15-22-7-9-23(10-8-22)28-32-12-6-13-33-28/h6-10,12-13,16,19-20,25-26H,11,14-15,17-18H2,1-5H3,(H,35,39)/t20-,25-,26-/m1/s1. The van der Waals surface area contributed by atoms with Crippen LogP contribution in [-0.2, 0) is 20.9 Å². The van der Waals surface area contributed by atoms with Gasteiger partial charge in [0.1, 0.15) is 11.9 Å². The summed E-state index contributed by atoms with van der Waals surface area (Å²) in [6.07, 6.45) is 5.03. The number of piperazine rings is 1. The number of aryl methyl sites for hydroxylation is 1. The molecule has 0 bridgehead atoms. The fraction of sp³-hybridized carbons (Fsp3) is 0.467. The van der Waals surface area contributed by atoms with E-state index < -0.39 is 17.9 Å². The zero-order chi connectivity index (χ0) is 29.5. The van der Waals surface area contributed by atoms with Crippen molar-refractivity contribution in [2.45, 2.75) is 58.8 Å². The molecule has 10 nitrogen and oxygen atoms in total. The van der Waals surface area contributed by atoms with Crippen LogP contribution in [0.5, 0.6) is 0 Å². The topological polar surface area (TPSA) is 113 Å². The summed E-state index contributed by atoms with van der Waals surface area (Å²) in [5.41, 5.74) is 2.05. The third kappa shape index (κ3) is 7.28. The van der Waals surface area contributed by atoms with E-state index in [2.05, 4.69) is 25.3 Å². The van der Waals surface area contributed by atoms with Crippen molar-refractivity contribution in [1.82, 2.24) is 35.1 Å². The number of halogens is 1. The summed E-state index contributed by atoms with van der Waals surface area (Å²) in [5.74, 6) is -0.0586. The first-order chi connectivity index (χ1) is 19.7. The molecule has 218 valence electrons. The predicted molar refractivity (Wildman–Crippen MR) is 152 cm³/mol. The molecule has 0 aliphatic carbocycles. The molecule has 3 aromatic rings. The number of hydrogen-bond donors (Lipinski definition) is 1. The molecule has 41 heavy (non-hydrogen) atoms. The van der Waals surface area contributed by atoms with Crippen LogP contribution in [0.3, 0.4) is 0 Å². The minimum atomic E-state index is -0.762. The van der Waals surface area contributed by atoms with Gasteiger partial charge in [-0.2, -0.15) is 0 Å². The van der Waals surface area contributed by atoms with Gasteiger partial charge in [0.2, 0.25) is 11.8 Å². The number of benzene rings is 1. The lowest BCUT2D eigenvalue weighted by Crippen LogP contribution is -2.65. The van der Waals surface area contributed by atoms with Gasteiger partial charge < -0.3 is 15.0 Å². The number of hydrogen-bond acceptors (Lipinski definition) is 8. The maximum atomic E-state index is 15.0. The van der Waals surface area contributed by atoms with Crippen LogP contribution in [0, 0.1) is 18.7 Å². The molecular formula is C30H38FN7O3. The molecule has 11 heteroatoms. The fourth-order valence-corrected chi connectivity index (χ4v) is 5.21. The fourth-order valence-electron chi connectivity index (χ4n) is 5.21. The van der Waals surface area contributed by atoms with E-state index in [0.717, 1.165) is 11.1 Å². The van der Waals surface area contributed by atoms with E-state index in [1.54, 1.807) is 37.4 Å². The second kappa shape index (κ2) is 13.7. The van der Waals surface area contributed by atoms with Crippen molar-refractivity contribution < 1.29 is 18.7 Å². The van der Waals surface area contributed by atoms with Gasteiger partial charge in [0.25, 0.3) is 0 Å². The summed E-state index contributed by atoms with van der Waals surface area (Å²) in [7, 11) is 1.59. The Hall–Kier alpha value is -3.83. The number of aromatic nitrogens is 4. The normalized spacial score (nSPS) is 18.4. The lowest BCUT2D eigenvalue weighted by Gasteiger charge is -2.47. The van der Waals surface area contributed by atoms with Gasteiger partial charge in [0, 0.05) is 63.3 Å². The summed E-state index contributed by atoms with van der Waals surface area (Å²) in [6, 6.07) is 7.93. The van der Waals surface area contributed by atoms with Gasteiger partial charge >= 0.3 is 0 Å². The molecule has 0 unspecified atom stereocenters. The van der Waals surface area contributed by atoms with Crippen LogP contribution in [0.4, 0.5) is 4.39 Å². The number of methoxy groups -OCH3 is 1. The summed E-state index contributed by atoms with van der Waals surface area (Å²) in [5, 5.41) is 3.02. The molecular weight excluding hydrogens is 525 g/mol. The van der Waals surface area contributed by atoms with Crippen molar-refractivity contribution in [2.24, 2.45) is 5.92 Å². The summed E-state index contributed by atoms with van der Waals surface area (Å²) < 4.78 is 20.3. The van der Waals surface area contributed by atoms with E-state index in [-0.39, 0.29) is 42.6 Å². The van der Waals surface area contributed by atoms with Crippen molar-refractivity contribution >= 4 is 11.8 Å². The largest absolute Gasteiger partial charge is 0.385 e. The highest BCUT2D eigenvalue weighted by atomic mass is 19.1. The Kier molecular flexibility index (Phi) is 10.1. The maximum Gasteiger partial charge on any atom is 0.244 e. The molecule has 0 saturated carbocycles. The minimum absolute atomic E-state index is 0.0954. The summed E-state index contributed by atoms with van der Waals surface area (Å²) in [6.45, 7) is 8.66. The van der Waals surface area contributed by atoms with Gasteiger partial charge in [-0.3, -0.25) is 14.5 Å². The van der Waals surface area contributed by atoms with E-state index in [4.69, 9.17) is 4.74 Å². The molecule has 4 rings (SSSR count). The van der Waals surface area contributed by atoms with Gasteiger partial charge in [0.05, 0.1) is 17.9 Å². The van der Waals surface area contributed by atoms with Crippen LogP contribution >= 0.6 is 0 Å². The lowest BCUT2D eigenvalue weighted by atomic mass is 9.98. The van der Waals surface area contributed by atoms with E-state index in [1.165, 1.54) is 6.20 Å². The smallest absolute Gasteiger partial charge is 0.244 e. The Balaban J connectivity index is 1.55.